The predicted molar refractivity (Wildman–Crippen MR) is 98.5 cm³/mol. The average Bonchev–Trinajstić information content (AvgIpc) is 3.33. The molecule has 2 amide bonds. The van der Waals surface area contributed by atoms with Gasteiger partial charge in [0.2, 0.25) is 5.89 Å². The Bertz CT molecular complexity index is 935. The molecule has 0 radical (unpaired) electrons. The third kappa shape index (κ3) is 4.38. The van der Waals surface area contributed by atoms with E-state index in [1.807, 2.05) is 54.6 Å². The fourth-order valence-electron chi connectivity index (χ4n) is 2.77. The number of aromatic nitrogens is 1. The molecule has 0 aliphatic carbocycles. The average molecular weight is 362 g/mol. The van der Waals surface area contributed by atoms with Gasteiger partial charge >= 0.3 is 6.03 Å². The molecule has 4 rings (SSSR count). The summed E-state index contributed by atoms with van der Waals surface area (Å²) in [4.78, 5) is 15.5. The van der Waals surface area contributed by atoms with Crippen LogP contribution in [-0.4, -0.2) is 23.8 Å². The van der Waals surface area contributed by atoms with Crippen LogP contribution in [0.25, 0.3) is 11.5 Å². The molecule has 2 heterocycles. The van der Waals surface area contributed by atoms with E-state index < -0.39 is 0 Å². The maximum Gasteiger partial charge on any atom is 0.361 e. The van der Waals surface area contributed by atoms with Crippen molar-refractivity contribution in [2.75, 3.05) is 6.61 Å². The Hall–Kier alpha value is -3.48. The van der Waals surface area contributed by atoms with Crippen molar-refractivity contribution < 1.29 is 13.9 Å². The lowest BCUT2D eigenvalue weighted by molar-refractivity contribution is 0.250. The standard InChI is InChI=1S/C20H18N4O3/c25-20-22-18(23-24-20)12-14-6-8-17(9-7-14)26-11-10-16-13-27-19(21-16)15-4-2-1-3-5-15/h1-9,13,18H,10-12H2,(H,22,25). The molecule has 7 nitrogen and oxygen atoms in total. The van der Waals surface area contributed by atoms with Gasteiger partial charge in [0, 0.05) is 18.4 Å². The summed E-state index contributed by atoms with van der Waals surface area (Å²) in [5.41, 5.74) is 2.86. The molecule has 1 aromatic heterocycles. The Morgan fingerprint density at radius 2 is 1.89 bits per heavy atom. The number of amides is 2. The van der Waals surface area contributed by atoms with Gasteiger partial charge in [0.25, 0.3) is 0 Å². The Morgan fingerprint density at radius 3 is 2.63 bits per heavy atom. The van der Waals surface area contributed by atoms with Crippen LogP contribution in [0.4, 0.5) is 4.79 Å². The Kier molecular flexibility index (Phi) is 4.91. The second-order valence-electron chi connectivity index (χ2n) is 6.14. The van der Waals surface area contributed by atoms with Crippen LogP contribution in [-0.2, 0) is 12.8 Å². The van der Waals surface area contributed by atoms with E-state index >= 15 is 0 Å². The zero-order valence-electron chi connectivity index (χ0n) is 14.5. The Balaban J connectivity index is 1.26. The topological polar surface area (TPSA) is 89.1 Å². The van der Waals surface area contributed by atoms with Crippen molar-refractivity contribution in [1.82, 2.24) is 10.3 Å². The van der Waals surface area contributed by atoms with Crippen molar-refractivity contribution in [2.24, 2.45) is 10.2 Å². The van der Waals surface area contributed by atoms with Gasteiger partial charge in [-0.2, -0.15) is 5.11 Å². The number of oxazole rings is 1. The Labute approximate surface area is 156 Å². The maximum atomic E-state index is 11.0. The zero-order chi connectivity index (χ0) is 18.5. The summed E-state index contributed by atoms with van der Waals surface area (Å²) in [5.74, 6) is 1.40. The number of carbonyl (C=O) groups excluding carboxylic acids is 1. The monoisotopic (exact) mass is 362 g/mol. The fourth-order valence-corrected chi connectivity index (χ4v) is 2.77. The summed E-state index contributed by atoms with van der Waals surface area (Å²) in [6, 6.07) is 17.1. The van der Waals surface area contributed by atoms with E-state index in [9.17, 15) is 4.79 Å². The van der Waals surface area contributed by atoms with Crippen LogP contribution >= 0.6 is 0 Å². The van der Waals surface area contributed by atoms with E-state index in [-0.39, 0.29) is 12.2 Å². The molecule has 7 heteroatoms. The smallest absolute Gasteiger partial charge is 0.361 e. The highest BCUT2D eigenvalue weighted by molar-refractivity contribution is 5.75. The normalized spacial score (nSPS) is 15.7. The van der Waals surface area contributed by atoms with Gasteiger partial charge in [0.15, 0.2) is 0 Å². The SMILES string of the molecule is O=C1N=NC(Cc2ccc(OCCc3coc(-c4ccccc4)n3)cc2)N1. The first-order chi connectivity index (χ1) is 13.3. The van der Waals surface area contributed by atoms with Crippen molar-refractivity contribution in [3.8, 4) is 17.2 Å². The molecule has 1 unspecified atom stereocenters. The molecule has 2 aromatic carbocycles. The van der Waals surface area contributed by atoms with Crippen molar-refractivity contribution in [1.29, 1.82) is 0 Å². The number of urea groups is 1. The summed E-state index contributed by atoms with van der Waals surface area (Å²) in [6.45, 7) is 0.507. The van der Waals surface area contributed by atoms with Gasteiger partial charge in [0.1, 0.15) is 18.2 Å². The number of nitrogens with zero attached hydrogens (tertiary/aromatic N) is 3. The van der Waals surface area contributed by atoms with Crippen molar-refractivity contribution in [3.63, 3.8) is 0 Å². The van der Waals surface area contributed by atoms with E-state index in [1.165, 1.54) is 0 Å². The molecule has 3 aromatic rings. The van der Waals surface area contributed by atoms with E-state index in [0.717, 1.165) is 22.6 Å². The van der Waals surface area contributed by atoms with Gasteiger partial charge < -0.3 is 14.5 Å². The number of rotatable bonds is 7. The molecule has 0 saturated heterocycles. The third-order valence-electron chi connectivity index (χ3n) is 4.13. The first-order valence-electron chi connectivity index (χ1n) is 8.69. The molecule has 0 bridgehead atoms. The molecule has 1 aliphatic heterocycles. The van der Waals surface area contributed by atoms with Crippen LogP contribution in [0.15, 0.2) is 75.5 Å². The number of hydrogen-bond acceptors (Lipinski definition) is 5. The minimum Gasteiger partial charge on any atom is -0.493 e. The molecule has 0 spiro atoms. The number of nitrogens with one attached hydrogen (secondary N) is 1. The predicted octanol–water partition coefficient (Wildman–Crippen LogP) is 4.01. The van der Waals surface area contributed by atoms with Crippen LogP contribution in [0, 0.1) is 0 Å². The molecule has 0 fully saturated rings. The summed E-state index contributed by atoms with van der Waals surface area (Å²) in [7, 11) is 0. The van der Waals surface area contributed by atoms with E-state index in [0.29, 0.717) is 25.3 Å². The fraction of sp³-hybridized carbons (Fsp3) is 0.200. The van der Waals surface area contributed by atoms with Crippen LogP contribution in [0.5, 0.6) is 5.75 Å². The van der Waals surface area contributed by atoms with Crippen molar-refractivity contribution in [3.05, 3.63) is 72.1 Å². The molecule has 0 saturated carbocycles. The minimum absolute atomic E-state index is 0.282. The molecular formula is C20H18N4O3. The molecule has 1 atom stereocenters. The molecule has 1 aliphatic rings. The highest BCUT2D eigenvalue weighted by Gasteiger charge is 2.17. The summed E-state index contributed by atoms with van der Waals surface area (Å²) < 4.78 is 11.3. The first kappa shape index (κ1) is 17.0. The number of carbonyl (C=O) groups is 1. The molecule has 136 valence electrons. The summed E-state index contributed by atoms with van der Waals surface area (Å²) in [5, 5.41) is 9.98. The van der Waals surface area contributed by atoms with E-state index in [4.69, 9.17) is 9.15 Å². The van der Waals surface area contributed by atoms with Gasteiger partial charge in [-0.1, -0.05) is 35.4 Å². The number of benzene rings is 2. The third-order valence-corrected chi connectivity index (χ3v) is 4.13. The second-order valence-corrected chi connectivity index (χ2v) is 6.14. The largest absolute Gasteiger partial charge is 0.493 e. The second kappa shape index (κ2) is 7.82. The number of hydrogen-bond donors (Lipinski definition) is 1. The maximum absolute atomic E-state index is 11.0. The zero-order valence-corrected chi connectivity index (χ0v) is 14.5. The van der Waals surface area contributed by atoms with Gasteiger partial charge in [0.05, 0.1) is 12.3 Å². The van der Waals surface area contributed by atoms with Crippen LogP contribution in [0.3, 0.4) is 0 Å². The highest BCUT2D eigenvalue weighted by Crippen LogP contribution is 2.19. The van der Waals surface area contributed by atoms with Gasteiger partial charge in [-0.25, -0.2) is 9.78 Å². The van der Waals surface area contributed by atoms with Crippen molar-refractivity contribution in [2.45, 2.75) is 19.0 Å². The lowest BCUT2D eigenvalue weighted by Crippen LogP contribution is -2.27. The van der Waals surface area contributed by atoms with Crippen LogP contribution in [0.1, 0.15) is 11.3 Å². The minimum atomic E-state index is -0.386. The van der Waals surface area contributed by atoms with Gasteiger partial charge in [-0.15, -0.1) is 0 Å². The van der Waals surface area contributed by atoms with E-state index in [1.54, 1.807) is 6.26 Å². The van der Waals surface area contributed by atoms with E-state index in [2.05, 4.69) is 20.5 Å². The van der Waals surface area contributed by atoms with Crippen LogP contribution in [0.2, 0.25) is 0 Å². The summed E-state index contributed by atoms with van der Waals surface area (Å²) in [6.07, 6.45) is 2.65. The summed E-state index contributed by atoms with van der Waals surface area (Å²) >= 11 is 0. The highest BCUT2D eigenvalue weighted by atomic mass is 16.5. The van der Waals surface area contributed by atoms with Crippen molar-refractivity contribution >= 4 is 6.03 Å². The number of ether oxygens (including phenoxy) is 1. The lowest BCUT2D eigenvalue weighted by Gasteiger charge is -2.08. The Morgan fingerprint density at radius 1 is 1.07 bits per heavy atom. The quantitative estimate of drug-likeness (QED) is 0.688. The number of azo groups is 1. The van der Waals surface area contributed by atoms with Gasteiger partial charge in [-0.3, -0.25) is 0 Å². The van der Waals surface area contributed by atoms with Crippen LogP contribution < -0.4 is 10.1 Å². The lowest BCUT2D eigenvalue weighted by atomic mass is 10.1. The first-order valence-corrected chi connectivity index (χ1v) is 8.69. The molecule has 27 heavy (non-hydrogen) atoms. The molecular weight excluding hydrogens is 344 g/mol. The molecule has 1 N–H and O–H groups in total. The van der Waals surface area contributed by atoms with Gasteiger partial charge in [-0.05, 0) is 29.8 Å².